The zero-order chi connectivity index (χ0) is 62.5. The zero-order valence-electron chi connectivity index (χ0n) is 50.6. The highest BCUT2D eigenvalue weighted by Crippen LogP contribution is 2.37. The van der Waals surface area contributed by atoms with Gasteiger partial charge < -0.3 is 52.6 Å². The normalized spacial score (nSPS) is 22.2. The molecule has 2 fully saturated rings. The number of carbonyl (C=O) groups is 12. The monoisotopic (exact) mass is 1170 g/mol. The van der Waals surface area contributed by atoms with Crippen LogP contribution in [0.1, 0.15) is 165 Å². The molecule has 0 unspecified atom stereocenters. The summed E-state index contributed by atoms with van der Waals surface area (Å²) in [5.74, 6) is -15.5. The number of hydrogen-bond acceptors (Lipinski definition) is 15. The Morgan fingerprint density at radius 3 is 1.70 bits per heavy atom. The van der Waals surface area contributed by atoms with E-state index in [9.17, 15) is 67.7 Å². The van der Waals surface area contributed by atoms with E-state index >= 15 is 0 Å². The van der Waals surface area contributed by atoms with Crippen molar-refractivity contribution >= 4 is 70.5 Å². The lowest BCUT2D eigenvalue weighted by Gasteiger charge is -2.30. The minimum Gasteiger partial charge on any atom is -0.458 e. The van der Waals surface area contributed by atoms with E-state index in [1.807, 2.05) is 44.2 Å². The molecule has 0 aromatic heterocycles. The Bertz CT molecular complexity index is 2430. The van der Waals surface area contributed by atoms with Gasteiger partial charge in [0.15, 0.2) is 23.1 Å². The molecule has 464 valence electrons. The van der Waals surface area contributed by atoms with Gasteiger partial charge in [-0.05, 0) is 68.3 Å². The summed E-state index contributed by atoms with van der Waals surface area (Å²) in [5.41, 5.74) is 5.19. The van der Waals surface area contributed by atoms with Crippen LogP contribution >= 0.6 is 0 Å². The van der Waals surface area contributed by atoms with Crippen LogP contribution in [0.25, 0.3) is 0 Å². The van der Waals surface area contributed by atoms with Gasteiger partial charge in [0.05, 0.1) is 43.2 Å². The van der Waals surface area contributed by atoms with E-state index in [1.165, 1.54) is 13.8 Å². The third-order valence-electron chi connectivity index (χ3n) is 17.1. The number of nitrogens with one attached hydrogen (secondary N) is 6. The summed E-state index contributed by atoms with van der Waals surface area (Å²) in [6.07, 6.45) is -0.817. The number of ether oxygens (including phenoxy) is 1. The maximum Gasteiger partial charge on any atom is 0.329 e. The molecule has 1 saturated carbocycles. The van der Waals surface area contributed by atoms with E-state index in [-0.39, 0.29) is 24.7 Å². The summed E-state index contributed by atoms with van der Waals surface area (Å²) < 4.78 is 5.75. The van der Waals surface area contributed by atoms with Crippen LogP contribution in [0, 0.1) is 53.3 Å². The predicted molar refractivity (Wildman–Crippen MR) is 308 cm³/mol. The SMILES string of the molecule is CC[C@H](Cc1ccccc1)C(=O)N[C@H](C(=O)C[C@@H](CO)C(=O)N[C@H](CCC(N)=O)C(=O)C[C@@H](C(=O)N[C@H](C(=O)C[C@@H](CO)C(=O)N[C@H]1C(=O)C[C@@H](C)C(=O)NC2(CC2)C(=O)N[C@@H]([C@@H](C)CC)C(=O)O[C@H]1C)[C@@H](C)CC)[C@@H](C)CC)[C@@H](C)CC. The second-order valence-electron chi connectivity index (χ2n) is 23.5. The van der Waals surface area contributed by atoms with Crippen molar-refractivity contribution in [3.8, 4) is 0 Å². The van der Waals surface area contributed by atoms with Crippen LogP contribution in [0.3, 0.4) is 0 Å². The zero-order valence-corrected chi connectivity index (χ0v) is 50.6. The predicted octanol–water partition coefficient (Wildman–Crippen LogP) is 3.03. The number of carbonyl (C=O) groups excluding carboxylic acids is 12. The number of nitrogens with two attached hydrogens (primary N) is 1. The molecule has 22 heteroatoms. The van der Waals surface area contributed by atoms with Gasteiger partial charge in [0, 0.05) is 49.9 Å². The molecule has 1 aromatic carbocycles. The van der Waals surface area contributed by atoms with Gasteiger partial charge in [0.25, 0.3) is 0 Å². The van der Waals surface area contributed by atoms with Gasteiger partial charge in [-0.1, -0.05) is 125 Å². The summed E-state index contributed by atoms with van der Waals surface area (Å²) in [7, 11) is 0. The molecule has 1 heterocycles. The maximum absolute atomic E-state index is 14.5. The topological polar surface area (TPSA) is 353 Å². The first-order chi connectivity index (χ1) is 39.1. The van der Waals surface area contributed by atoms with Crippen molar-refractivity contribution < 1.29 is 72.5 Å². The minimum atomic E-state index is -1.56. The van der Waals surface area contributed by atoms with E-state index in [1.54, 1.807) is 48.5 Å². The molecule has 7 amide bonds. The summed E-state index contributed by atoms with van der Waals surface area (Å²) in [6.45, 7) is 17.1. The van der Waals surface area contributed by atoms with E-state index in [4.69, 9.17) is 10.5 Å². The van der Waals surface area contributed by atoms with Crippen molar-refractivity contribution in [1.29, 1.82) is 0 Å². The molecule has 15 atom stereocenters. The Kier molecular flexibility index (Phi) is 28.8. The first kappa shape index (κ1) is 70.8. The smallest absolute Gasteiger partial charge is 0.329 e. The highest BCUT2D eigenvalue weighted by molar-refractivity contribution is 6.00. The molecule has 1 spiro atoms. The first-order valence-electron chi connectivity index (χ1n) is 29.9. The second kappa shape index (κ2) is 33.8. The largest absolute Gasteiger partial charge is 0.458 e. The number of benzene rings is 1. The fourth-order valence-corrected chi connectivity index (χ4v) is 10.1. The lowest BCUT2D eigenvalue weighted by Crippen LogP contribution is -2.56. The number of Topliss-reactive ketones (excluding diaryl/α,β-unsaturated/α-hetero) is 4. The number of ketones is 4. The molecule has 0 radical (unpaired) electrons. The quantitative estimate of drug-likeness (QED) is 0.0457. The number of aliphatic hydroxyl groups is 2. The molecule has 1 aliphatic carbocycles. The van der Waals surface area contributed by atoms with Gasteiger partial charge in [-0.2, -0.15) is 0 Å². The Morgan fingerprint density at radius 2 is 1.20 bits per heavy atom. The van der Waals surface area contributed by atoms with Crippen LogP contribution in [-0.4, -0.2) is 136 Å². The molecule has 83 heavy (non-hydrogen) atoms. The number of primary amides is 1. The summed E-state index contributed by atoms with van der Waals surface area (Å²) in [4.78, 5) is 165. The molecule has 3 rings (SSSR count). The highest BCUT2D eigenvalue weighted by Gasteiger charge is 2.53. The van der Waals surface area contributed by atoms with E-state index in [2.05, 4.69) is 31.9 Å². The third-order valence-corrected chi connectivity index (χ3v) is 17.1. The van der Waals surface area contributed by atoms with Crippen molar-refractivity contribution in [2.45, 2.75) is 208 Å². The second-order valence-corrected chi connectivity index (χ2v) is 23.5. The Labute approximate surface area is 489 Å². The number of cyclic esters (lactones) is 1. The standard InChI is InChI=1S/C61H95N7O15/c1-12-33(6)43(30-45(71)44(22-23-49(62)75)63-56(78)41(31-69)28-47(73)50(34(7)13-2)64-55(77)40(16-5)27-39-20-18-17-19-21-39)58(80)65-51(35(8)14-3)48(74)29-42(32-70)57(79)66-53-38(11)83-59(81)52(36(9)15-4)67-60(82)61(24-25-61)68-54(76)37(10)26-46(53)72/h17-21,33-38,40-44,50-53,69-70H,12-16,22-32H2,1-11H3,(H2,62,75)(H,63,78)(H,64,77)(H,65,80)(H,66,79)(H,67,82)(H,68,76)/t33-,34-,35-,36-,37+,38-,40+,41-,42-,43+,44+,50-,51-,52-,53+/m0/s1. The number of rotatable bonds is 33. The van der Waals surface area contributed by atoms with Crippen LogP contribution in [0.15, 0.2) is 30.3 Å². The van der Waals surface area contributed by atoms with Crippen molar-refractivity contribution in [2.75, 3.05) is 13.2 Å². The average Bonchev–Trinajstić information content (AvgIpc) is 4.35. The van der Waals surface area contributed by atoms with Crippen molar-refractivity contribution in [3.63, 3.8) is 0 Å². The molecule has 1 saturated heterocycles. The lowest BCUT2D eigenvalue weighted by atomic mass is 9.83. The van der Waals surface area contributed by atoms with Crippen LogP contribution in [0.5, 0.6) is 0 Å². The molecular formula is C61H95N7O15. The first-order valence-corrected chi connectivity index (χ1v) is 29.9. The van der Waals surface area contributed by atoms with Crippen molar-refractivity contribution in [1.82, 2.24) is 31.9 Å². The number of esters is 1. The fraction of sp³-hybridized carbons (Fsp3) is 0.705. The lowest BCUT2D eigenvalue weighted by molar-refractivity contribution is -0.157. The van der Waals surface area contributed by atoms with Crippen LogP contribution in [-0.2, 0) is 68.7 Å². The van der Waals surface area contributed by atoms with Gasteiger partial charge in [-0.3, -0.25) is 52.7 Å². The van der Waals surface area contributed by atoms with Gasteiger partial charge in [-0.15, -0.1) is 0 Å². The van der Waals surface area contributed by atoms with Gasteiger partial charge in [-0.25, -0.2) is 4.79 Å². The summed E-state index contributed by atoms with van der Waals surface area (Å²) >= 11 is 0. The molecular weight excluding hydrogens is 1070 g/mol. The Hall–Kier alpha value is -6.42. The molecule has 1 aliphatic heterocycles. The van der Waals surface area contributed by atoms with Crippen molar-refractivity contribution in [3.05, 3.63) is 35.9 Å². The average molecular weight is 1170 g/mol. The Balaban J connectivity index is 1.83. The molecule has 10 N–H and O–H groups in total. The molecule has 2 aliphatic rings. The highest BCUT2D eigenvalue weighted by atomic mass is 16.5. The van der Waals surface area contributed by atoms with Crippen LogP contribution in [0.4, 0.5) is 0 Å². The molecule has 22 nitrogen and oxygen atoms in total. The number of hydrogen-bond donors (Lipinski definition) is 9. The fourth-order valence-electron chi connectivity index (χ4n) is 10.1. The van der Waals surface area contributed by atoms with E-state index < -0.39 is 193 Å². The Morgan fingerprint density at radius 1 is 0.675 bits per heavy atom. The minimum absolute atomic E-state index is 0.287. The third kappa shape index (κ3) is 20.7. The van der Waals surface area contributed by atoms with Crippen molar-refractivity contribution in [2.24, 2.45) is 59.0 Å². The maximum atomic E-state index is 14.5. The number of aliphatic hydroxyl groups excluding tert-OH is 2. The van der Waals surface area contributed by atoms with Gasteiger partial charge >= 0.3 is 5.97 Å². The summed E-state index contributed by atoms with van der Waals surface area (Å²) in [6, 6.07) is 3.04. The van der Waals surface area contributed by atoms with Crippen LogP contribution < -0.4 is 37.6 Å². The summed E-state index contributed by atoms with van der Waals surface area (Å²) in [5, 5.41) is 37.3. The van der Waals surface area contributed by atoms with E-state index in [0.29, 0.717) is 51.4 Å². The van der Waals surface area contributed by atoms with Crippen LogP contribution in [0.2, 0.25) is 0 Å². The van der Waals surface area contributed by atoms with E-state index in [0.717, 1.165) is 5.56 Å². The number of amides is 7. The molecule has 1 aromatic rings. The molecule has 0 bridgehead atoms. The van der Waals surface area contributed by atoms with Gasteiger partial charge in [0.2, 0.25) is 41.4 Å². The van der Waals surface area contributed by atoms with Gasteiger partial charge in [0.1, 0.15) is 23.7 Å².